The highest BCUT2D eigenvalue weighted by Crippen LogP contribution is 2.34. The van der Waals surface area contributed by atoms with Crippen LogP contribution in [0.2, 0.25) is 0 Å². The number of aliphatic hydroxyl groups is 1. The van der Waals surface area contributed by atoms with Gasteiger partial charge in [0.2, 0.25) is 0 Å². The van der Waals surface area contributed by atoms with Gasteiger partial charge in [0.15, 0.2) is 0 Å². The number of aliphatic hydroxyl groups excluding tert-OH is 1. The fraction of sp³-hybridized carbons (Fsp3) is 0.957. The summed E-state index contributed by atoms with van der Waals surface area (Å²) >= 11 is 0. The zero-order valence-electron chi connectivity index (χ0n) is 35.9. The van der Waals surface area contributed by atoms with E-state index in [0.29, 0.717) is 18.9 Å². The number of ether oxygens (including phenoxy) is 2. The number of hydrogen-bond donors (Lipinski definition) is 1. The molecule has 0 aromatic rings. The average molecular weight is 740 g/mol. The Kier molecular flexibility index (Phi) is 47.5. The molecule has 312 valence electrons. The molecule has 6 heteroatoms. The molecule has 1 rings (SSSR count). The van der Waals surface area contributed by atoms with Gasteiger partial charge in [-0.25, -0.2) is 0 Å². The van der Waals surface area contributed by atoms with Gasteiger partial charge in [0.25, 0.3) is 0 Å². The van der Waals surface area contributed by atoms with Crippen LogP contribution in [0.1, 0.15) is 220 Å². The van der Waals surface area contributed by atoms with Crippen molar-refractivity contribution in [3.63, 3.8) is 0 Å². The molecule has 0 amide bonds. The van der Waals surface area contributed by atoms with E-state index in [1.54, 1.807) is 7.11 Å². The van der Waals surface area contributed by atoms with Crippen LogP contribution in [0.5, 0.6) is 0 Å². The van der Waals surface area contributed by atoms with Crippen molar-refractivity contribution >= 4 is 12.6 Å². The zero-order valence-corrected chi connectivity index (χ0v) is 35.9. The van der Waals surface area contributed by atoms with Crippen molar-refractivity contribution in [2.45, 2.75) is 226 Å². The third kappa shape index (κ3) is 40.4. The first kappa shape index (κ1) is 53.3. The predicted octanol–water partition coefficient (Wildman–Crippen LogP) is 12.7. The molecule has 1 saturated carbocycles. The van der Waals surface area contributed by atoms with Crippen molar-refractivity contribution in [1.82, 2.24) is 4.90 Å². The Morgan fingerprint density at radius 2 is 1.04 bits per heavy atom. The monoisotopic (exact) mass is 740 g/mol. The smallest absolute Gasteiger partial charge is 0.119 e. The molecular weight excluding hydrogens is 647 g/mol. The average Bonchev–Trinajstić information content (AvgIpc) is 3.63. The topological polar surface area (TPSA) is 76.1 Å². The first-order valence-electron chi connectivity index (χ1n) is 22.8. The van der Waals surface area contributed by atoms with E-state index in [1.165, 1.54) is 161 Å². The second kappa shape index (κ2) is 46.3. The molecule has 0 aromatic heterocycles. The molecule has 1 aliphatic carbocycles. The van der Waals surface area contributed by atoms with Gasteiger partial charge in [0.05, 0.1) is 12.7 Å². The molecule has 0 saturated heterocycles. The molecular formula is C46H93NO5. The number of carbonyl (C=O) groups excluding carboxylic acids is 2. The van der Waals surface area contributed by atoms with Gasteiger partial charge in [0.1, 0.15) is 12.6 Å². The van der Waals surface area contributed by atoms with Crippen molar-refractivity contribution < 1.29 is 24.2 Å². The molecule has 0 aromatic carbocycles. The summed E-state index contributed by atoms with van der Waals surface area (Å²) in [4.78, 5) is 22.8. The Balaban J connectivity index is 0. The van der Waals surface area contributed by atoms with E-state index >= 15 is 0 Å². The Morgan fingerprint density at radius 1 is 0.596 bits per heavy atom. The summed E-state index contributed by atoms with van der Waals surface area (Å²) in [5.74, 6) is 2.00. The Morgan fingerprint density at radius 3 is 1.44 bits per heavy atom. The molecule has 0 spiro atoms. The maximum atomic E-state index is 10.2. The van der Waals surface area contributed by atoms with Crippen LogP contribution in [0.4, 0.5) is 0 Å². The summed E-state index contributed by atoms with van der Waals surface area (Å²) in [5, 5.41) is 9.13. The molecule has 2 atom stereocenters. The number of methoxy groups -OCH3 is 2. The third-order valence-electron chi connectivity index (χ3n) is 11.1. The molecule has 0 radical (unpaired) electrons. The number of unbranched alkanes of at least 4 members (excludes halogenated alkanes) is 20. The summed E-state index contributed by atoms with van der Waals surface area (Å²) < 4.78 is 10.7. The minimum atomic E-state index is 0.235. The van der Waals surface area contributed by atoms with Crippen LogP contribution >= 0.6 is 0 Å². The molecule has 0 heterocycles. The minimum absolute atomic E-state index is 0.235. The summed E-state index contributed by atoms with van der Waals surface area (Å²) in [6, 6.07) is 0. The minimum Gasteiger partial charge on any atom is -0.395 e. The zero-order chi connectivity index (χ0) is 38.6. The Bertz CT molecular complexity index is 639. The summed E-state index contributed by atoms with van der Waals surface area (Å²) in [6.45, 7) is 11.0. The lowest BCUT2D eigenvalue weighted by molar-refractivity contribution is -0.108. The second-order valence-electron chi connectivity index (χ2n) is 15.7. The Hall–Kier alpha value is -0.820. The van der Waals surface area contributed by atoms with Gasteiger partial charge in [-0.15, -0.1) is 0 Å². The van der Waals surface area contributed by atoms with E-state index in [0.717, 1.165) is 76.3 Å². The van der Waals surface area contributed by atoms with Crippen molar-refractivity contribution in [3.8, 4) is 0 Å². The maximum Gasteiger partial charge on any atom is 0.119 e. The van der Waals surface area contributed by atoms with E-state index in [9.17, 15) is 9.59 Å². The molecule has 1 fully saturated rings. The van der Waals surface area contributed by atoms with Crippen molar-refractivity contribution in [1.29, 1.82) is 0 Å². The van der Waals surface area contributed by atoms with E-state index in [4.69, 9.17) is 14.6 Å². The van der Waals surface area contributed by atoms with Gasteiger partial charge in [0, 0.05) is 40.2 Å². The molecule has 1 N–H and O–H groups in total. The van der Waals surface area contributed by atoms with Crippen molar-refractivity contribution in [2.75, 3.05) is 47.1 Å². The molecule has 0 bridgehead atoms. The SMILES string of the molecule is CCC1CCC(CCOC)C1.CCCCCCCCC(CCCCCCCC)OC.O=CCCCCCCCN(CCO)CCCCCCCC=O. The number of hydrogen-bond acceptors (Lipinski definition) is 6. The summed E-state index contributed by atoms with van der Waals surface area (Å²) in [6.07, 6.45) is 41.8. The van der Waals surface area contributed by atoms with Gasteiger partial charge in [-0.05, 0) is 76.3 Å². The fourth-order valence-electron chi connectivity index (χ4n) is 7.44. The van der Waals surface area contributed by atoms with E-state index in [2.05, 4.69) is 25.7 Å². The van der Waals surface area contributed by atoms with Crippen LogP contribution in [-0.2, 0) is 19.1 Å². The predicted molar refractivity (Wildman–Crippen MR) is 225 cm³/mol. The van der Waals surface area contributed by atoms with Crippen LogP contribution in [-0.4, -0.2) is 75.8 Å². The highest BCUT2D eigenvalue weighted by Gasteiger charge is 2.22. The Labute approximate surface area is 325 Å². The molecule has 2 unspecified atom stereocenters. The van der Waals surface area contributed by atoms with Crippen molar-refractivity contribution in [3.05, 3.63) is 0 Å². The van der Waals surface area contributed by atoms with E-state index in [1.807, 2.05) is 7.11 Å². The van der Waals surface area contributed by atoms with E-state index in [-0.39, 0.29) is 6.61 Å². The summed E-state index contributed by atoms with van der Waals surface area (Å²) in [7, 11) is 3.69. The largest absolute Gasteiger partial charge is 0.395 e. The highest BCUT2D eigenvalue weighted by atomic mass is 16.5. The molecule has 6 nitrogen and oxygen atoms in total. The van der Waals surface area contributed by atoms with Gasteiger partial charge in [-0.3, -0.25) is 0 Å². The lowest BCUT2D eigenvalue weighted by Crippen LogP contribution is -2.29. The third-order valence-corrected chi connectivity index (χ3v) is 11.1. The summed E-state index contributed by atoms with van der Waals surface area (Å²) in [5.41, 5.74) is 0. The van der Waals surface area contributed by atoms with Gasteiger partial charge >= 0.3 is 0 Å². The molecule has 52 heavy (non-hydrogen) atoms. The fourth-order valence-corrected chi connectivity index (χ4v) is 7.44. The van der Waals surface area contributed by atoms with Crippen LogP contribution in [0.3, 0.4) is 0 Å². The van der Waals surface area contributed by atoms with Crippen LogP contribution in [0, 0.1) is 11.8 Å². The van der Waals surface area contributed by atoms with E-state index < -0.39 is 0 Å². The number of carbonyl (C=O) groups is 2. The second-order valence-corrected chi connectivity index (χ2v) is 15.7. The lowest BCUT2D eigenvalue weighted by atomic mass is 10.0. The van der Waals surface area contributed by atoms with Crippen LogP contribution < -0.4 is 0 Å². The molecule has 1 aliphatic rings. The molecule has 0 aliphatic heterocycles. The first-order chi connectivity index (χ1) is 25.6. The van der Waals surface area contributed by atoms with Gasteiger partial charge < -0.3 is 29.1 Å². The highest BCUT2D eigenvalue weighted by molar-refractivity contribution is 5.49. The number of aldehydes is 2. The quantitative estimate of drug-likeness (QED) is 0.0505. The normalized spacial score (nSPS) is 15.4. The van der Waals surface area contributed by atoms with Gasteiger partial charge in [-0.1, -0.05) is 156 Å². The number of rotatable bonds is 37. The maximum absolute atomic E-state index is 10.2. The van der Waals surface area contributed by atoms with Crippen LogP contribution in [0.15, 0.2) is 0 Å². The standard InChI is InChI=1S/C18H35NO3.C18H38O.C10H20O/c20-16-11-7-3-1-5-9-13-19(15-18-22)14-10-6-2-4-8-12-17-21;1-4-6-8-10-12-14-16-18(19-3)17-15-13-11-9-7-5-2;1-3-9-4-5-10(8-9)6-7-11-2/h16-17,22H,1-15,18H2;18H,4-17H2,1-3H3;9-10H,3-8H2,1-2H3. The number of nitrogens with zero attached hydrogens (tertiary/aromatic N) is 1. The lowest BCUT2D eigenvalue weighted by Gasteiger charge is -2.21. The van der Waals surface area contributed by atoms with Crippen molar-refractivity contribution in [2.24, 2.45) is 11.8 Å². The van der Waals surface area contributed by atoms with Crippen LogP contribution in [0.25, 0.3) is 0 Å². The first-order valence-corrected chi connectivity index (χ1v) is 22.8. The van der Waals surface area contributed by atoms with Gasteiger partial charge in [-0.2, -0.15) is 0 Å².